The van der Waals surface area contributed by atoms with Crippen LogP contribution in [0.25, 0.3) is 0 Å². The van der Waals surface area contributed by atoms with Gasteiger partial charge in [-0.15, -0.1) is 0 Å². The maximum Gasteiger partial charge on any atom is 0.311 e. The zero-order valence-corrected chi connectivity index (χ0v) is 27.5. The summed E-state index contributed by atoms with van der Waals surface area (Å²) < 4.78 is 12.3. The van der Waals surface area contributed by atoms with Crippen molar-refractivity contribution in [1.82, 2.24) is 0 Å². The number of ether oxygens (including phenoxy) is 2. The van der Waals surface area contributed by atoms with E-state index in [1.165, 1.54) is 25.7 Å². The van der Waals surface area contributed by atoms with Crippen LogP contribution in [0, 0.1) is 34.0 Å². The lowest BCUT2D eigenvalue weighted by atomic mass is 9.59. The average Bonchev–Trinajstić information content (AvgIpc) is 3.32. The molecular weight excluding hydrogens is 548 g/mol. The van der Waals surface area contributed by atoms with Crippen molar-refractivity contribution >= 4 is 17.7 Å². The molecule has 0 amide bonds. The molecule has 43 heavy (non-hydrogen) atoms. The molecule has 8 nitrogen and oxygen atoms in total. The topological polar surface area (TPSA) is 130 Å². The molecule has 0 radical (unpaired) electrons. The smallest absolute Gasteiger partial charge is 0.311 e. The number of carbonyl (C=O) groups excluding carboxylic acids is 3. The van der Waals surface area contributed by atoms with Gasteiger partial charge in [0, 0.05) is 23.7 Å². The fourth-order valence-corrected chi connectivity index (χ4v) is 8.66. The number of ketones is 1. The fraction of sp³-hybridized carbons (Fsp3) is 0.800. The molecule has 2 bridgehead atoms. The summed E-state index contributed by atoms with van der Waals surface area (Å²) in [5.74, 6) is -2.97. The number of aliphatic hydroxyl groups excluding tert-OH is 2. The van der Waals surface area contributed by atoms with Gasteiger partial charge in [-0.2, -0.15) is 0 Å². The molecule has 2 fully saturated rings. The van der Waals surface area contributed by atoms with Crippen LogP contribution >= 0.6 is 0 Å². The fourth-order valence-electron chi connectivity index (χ4n) is 8.66. The van der Waals surface area contributed by atoms with E-state index in [4.69, 9.17) is 9.47 Å². The molecule has 2 saturated carbocycles. The van der Waals surface area contributed by atoms with Gasteiger partial charge < -0.3 is 24.8 Å². The third kappa shape index (κ3) is 5.13. The summed E-state index contributed by atoms with van der Waals surface area (Å²) in [5, 5.41) is 34.8. The van der Waals surface area contributed by atoms with Crippen molar-refractivity contribution in [3.63, 3.8) is 0 Å². The largest absolute Gasteiger partial charge is 0.458 e. The van der Waals surface area contributed by atoms with Gasteiger partial charge in [0.1, 0.15) is 11.7 Å². The Bertz CT molecular complexity index is 1180. The Hall–Kier alpha value is -2.03. The van der Waals surface area contributed by atoms with Crippen molar-refractivity contribution in [2.75, 3.05) is 6.61 Å². The number of esters is 2. The van der Waals surface area contributed by atoms with Crippen molar-refractivity contribution in [3.05, 3.63) is 23.3 Å². The van der Waals surface area contributed by atoms with Crippen molar-refractivity contribution in [3.8, 4) is 0 Å². The molecule has 3 N–H and O–H groups in total. The van der Waals surface area contributed by atoms with Crippen LogP contribution in [0.2, 0.25) is 0 Å². The van der Waals surface area contributed by atoms with Crippen LogP contribution in [0.5, 0.6) is 0 Å². The number of rotatable bonds is 11. The van der Waals surface area contributed by atoms with Crippen LogP contribution in [0.3, 0.4) is 0 Å². The number of carbonyl (C=O) groups is 3. The van der Waals surface area contributed by atoms with Gasteiger partial charge in [0.25, 0.3) is 0 Å². The minimum Gasteiger partial charge on any atom is -0.458 e. The molecule has 0 aromatic rings. The van der Waals surface area contributed by atoms with E-state index in [2.05, 4.69) is 6.92 Å². The van der Waals surface area contributed by atoms with Gasteiger partial charge >= 0.3 is 11.9 Å². The van der Waals surface area contributed by atoms with Crippen molar-refractivity contribution in [2.24, 2.45) is 34.0 Å². The van der Waals surface area contributed by atoms with Crippen molar-refractivity contribution in [2.45, 2.75) is 137 Å². The van der Waals surface area contributed by atoms with Crippen LogP contribution in [0.1, 0.15) is 113 Å². The van der Waals surface area contributed by atoms with Crippen molar-refractivity contribution < 1.29 is 39.2 Å². The Morgan fingerprint density at radius 1 is 1.07 bits per heavy atom. The number of allylic oxidation sites excluding steroid dienone is 1. The second-order valence-electron chi connectivity index (χ2n) is 15.3. The maximum atomic E-state index is 14.8. The predicted octanol–water partition coefficient (Wildman–Crippen LogP) is 5.22. The van der Waals surface area contributed by atoms with Gasteiger partial charge in [-0.1, -0.05) is 78.4 Å². The van der Waals surface area contributed by atoms with Crippen LogP contribution < -0.4 is 0 Å². The van der Waals surface area contributed by atoms with Crippen LogP contribution in [0.15, 0.2) is 23.3 Å². The summed E-state index contributed by atoms with van der Waals surface area (Å²) in [6.07, 6.45) is 8.50. The monoisotopic (exact) mass is 602 g/mol. The number of Topliss-reactive ketones (excluding diaryl/α,β-unsaturated/α-hetero) is 1. The number of hydrogen-bond acceptors (Lipinski definition) is 8. The van der Waals surface area contributed by atoms with Gasteiger partial charge in [0.2, 0.25) is 0 Å². The molecule has 4 aliphatic rings. The molecule has 8 heteroatoms. The van der Waals surface area contributed by atoms with E-state index in [0.29, 0.717) is 18.4 Å². The summed E-state index contributed by atoms with van der Waals surface area (Å²) in [7, 11) is 0. The highest BCUT2D eigenvalue weighted by Gasteiger charge is 2.83. The second-order valence-corrected chi connectivity index (χ2v) is 15.3. The molecule has 0 aromatic carbocycles. The predicted molar refractivity (Wildman–Crippen MR) is 163 cm³/mol. The zero-order chi connectivity index (χ0) is 32.2. The molecule has 5 unspecified atom stereocenters. The van der Waals surface area contributed by atoms with E-state index in [-0.39, 0.29) is 17.3 Å². The van der Waals surface area contributed by atoms with E-state index in [1.807, 2.05) is 20.8 Å². The first kappa shape index (κ1) is 33.9. The standard InChI is InChI=1S/C35H54O8/c1-9-10-11-12-13-14-15-16-25(37)43-34-19-22(3)33-18-21(2)29(42-30(40)31(4,5)6)35(33,41)27(38)23(20-36)17-24(28(33)39)26(34)32(34,7)8/h17-18,22,24,26-27,29,36,38,41H,9-16,19-20H2,1-8H3/t22-,24?,26-,27?,29?,33?,34+,35?/m1/s1. The number of aliphatic hydroxyl groups is 3. The number of unbranched alkanes of at least 4 members (excludes halogenated alkanes) is 6. The zero-order valence-electron chi connectivity index (χ0n) is 27.5. The molecule has 0 heterocycles. The van der Waals surface area contributed by atoms with Crippen LogP contribution in [0.4, 0.5) is 0 Å². The lowest BCUT2D eigenvalue weighted by molar-refractivity contribution is -0.208. The second kappa shape index (κ2) is 11.7. The average molecular weight is 603 g/mol. The molecule has 4 aliphatic carbocycles. The number of fused-ring (bicyclic) bond motifs is 3. The molecule has 4 rings (SSSR count). The number of hydrogen-bond donors (Lipinski definition) is 3. The van der Waals surface area contributed by atoms with Gasteiger partial charge in [0.05, 0.1) is 17.4 Å². The quantitative estimate of drug-likeness (QED) is 0.167. The van der Waals surface area contributed by atoms with E-state index in [1.54, 1.807) is 39.8 Å². The van der Waals surface area contributed by atoms with Gasteiger partial charge in [-0.25, -0.2) is 0 Å². The van der Waals surface area contributed by atoms with E-state index < -0.39 is 70.0 Å². The van der Waals surface area contributed by atoms with E-state index in [0.717, 1.165) is 19.3 Å². The minimum absolute atomic E-state index is 0.0998. The molecule has 0 aromatic heterocycles. The third-order valence-electron chi connectivity index (χ3n) is 11.1. The normalized spacial score (nSPS) is 37.7. The summed E-state index contributed by atoms with van der Waals surface area (Å²) in [6.45, 7) is 14.2. The van der Waals surface area contributed by atoms with Crippen LogP contribution in [-0.4, -0.2) is 63.1 Å². The summed E-state index contributed by atoms with van der Waals surface area (Å²) in [6, 6.07) is 0. The van der Waals surface area contributed by atoms with Gasteiger partial charge in [-0.05, 0) is 57.6 Å². The third-order valence-corrected chi connectivity index (χ3v) is 11.1. The van der Waals surface area contributed by atoms with E-state index >= 15 is 0 Å². The maximum absolute atomic E-state index is 14.8. The van der Waals surface area contributed by atoms with Gasteiger partial charge in [0.15, 0.2) is 17.5 Å². The molecular formula is C35H54O8. The summed E-state index contributed by atoms with van der Waals surface area (Å²) in [5.41, 5.74) is -5.69. The Morgan fingerprint density at radius 3 is 2.26 bits per heavy atom. The molecule has 242 valence electrons. The highest BCUT2D eigenvalue weighted by molar-refractivity contribution is 5.96. The van der Waals surface area contributed by atoms with Crippen molar-refractivity contribution in [1.29, 1.82) is 0 Å². The molecule has 0 aliphatic heterocycles. The molecule has 8 atom stereocenters. The Labute approximate surface area is 257 Å². The first-order chi connectivity index (χ1) is 20.0. The highest BCUT2D eigenvalue weighted by Crippen LogP contribution is 2.75. The van der Waals surface area contributed by atoms with Crippen LogP contribution in [-0.2, 0) is 23.9 Å². The van der Waals surface area contributed by atoms with E-state index in [9.17, 15) is 29.7 Å². The first-order valence-electron chi connectivity index (χ1n) is 16.4. The Balaban J connectivity index is 1.69. The lowest BCUT2D eigenvalue weighted by Gasteiger charge is -2.49. The molecule has 0 saturated heterocycles. The Morgan fingerprint density at radius 2 is 1.67 bits per heavy atom. The molecule has 1 spiro atoms. The Kier molecular flexibility index (Phi) is 9.23. The first-order valence-corrected chi connectivity index (χ1v) is 16.4. The lowest BCUT2D eigenvalue weighted by Crippen LogP contribution is -2.66. The van der Waals surface area contributed by atoms with Gasteiger partial charge in [-0.3, -0.25) is 14.4 Å². The minimum atomic E-state index is -2.25. The summed E-state index contributed by atoms with van der Waals surface area (Å²) in [4.78, 5) is 41.2. The summed E-state index contributed by atoms with van der Waals surface area (Å²) >= 11 is 0. The highest BCUT2D eigenvalue weighted by atomic mass is 16.6. The SMILES string of the molecule is CCCCCCCCCC(=O)O[C@@]12C[C@@H](C)C34C=C(C)C(OC(=O)C(C)(C)C)C3(O)C(O)C(CO)=CC(C4=O)[C@@H]1C2(C)C.